The molecule has 0 radical (unpaired) electrons. The summed E-state index contributed by atoms with van der Waals surface area (Å²) in [6.45, 7) is 6.11. The SMILES string of the molecule is CCCn1c(CC(CC)CN)nc2cnccc21. The summed E-state index contributed by atoms with van der Waals surface area (Å²) in [6.07, 6.45) is 6.85. The van der Waals surface area contributed by atoms with E-state index in [0.717, 1.165) is 43.7 Å². The van der Waals surface area contributed by atoms with E-state index in [1.807, 2.05) is 18.5 Å². The molecule has 0 amide bonds. The third kappa shape index (κ3) is 2.53. The number of aromatic nitrogens is 3. The van der Waals surface area contributed by atoms with Crippen molar-refractivity contribution in [2.45, 2.75) is 39.7 Å². The van der Waals surface area contributed by atoms with Gasteiger partial charge in [-0.1, -0.05) is 20.3 Å². The van der Waals surface area contributed by atoms with E-state index >= 15 is 0 Å². The van der Waals surface area contributed by atoms with Crippen LogP contribution in [0.15, 0.2) is 18.5 Å². The second-order valence-corrected chi connectivity index (χ2v) is 4.76. The van der Waals surface area contributed by atoms with Crippen molar-refractivity contribution in [1.82, 2.24) is 14.5 Å². The lowest BCUT2D eigenvalue weighted by atomic mass is 10.0. The Morgan fingerprint density at radius 1 is 1.39 bits per heavy atom. The summed E-state index contributed by atoms with van der Waals surface area (Å²) in [4.78, 5) is 8.86. The number of nitrogens with two attached hydrogens (primary N) is 1. The Labute approximate surface area is 108 Å². The van der Waals surface area contributed by atoms with E-state index in [1.165, 1.54) is 5.52 Å². The average Bonchev–Trinajstić information content (AvgIpc) is 2.75. The van der Waals surface area contributed by atoms with E-state index in [-0.39, 0.29) is 0 Å². The number of fused-ring (bicyclic) bond motifs is 1. The fraction of sp³-hybridized carbons (Fsp3) is 0.571. The molecule has 0 aliphatic heterocycles. The van der Waals surface area contributed by atoms with Crippen molar-refractivity contribution >= 4 is 11.0 Å². The first-order valence-corrected chi connectivity index (χ1v) is 6.79. The summed E-state index contributed by atoms with van der Waals surface area (Å²) in [6, 6.07) is 2.05. The van der Waals surface area contributed by atoms with Crippen molar-refractivity contribution in [3.63, 3.8) is 0 Å². The summed E-state index contributed by atoms with van der Waals surface area (Å²) in [5.41, 5.74) is 7.98. The van der Waals surface area contributed by atoms with Crippen LogP contribution in [0, 0.1) is 5.92 Å². The Balaban J connectivity index is 2.38. The Bertz CT molecular complexity index is 499. The van der Waals surface area contributed by atoms with Gasteiger partial charge in [-0.3, -0.25) is 4.98 Å². The second kappa shape index (κ2) is 5.96. The largest absolute Gasteiger partial charge is 0.330 e. The van der Waals surface area contributed by atoms with Crippen LogP contribution in [0.2, 0.25) is 0 Å². The van der Waals surface area contributed by atoms with Gasteiger partial charge in [-0.05, 0) is 24.9 Å². The van der Waals surface area contributed by atoms with Crippen molar-refractivity contribution in [1.29, 1.82) is 0 Å². The molecule has 4 heteroatoms. The van der Waals surface area contributed by atoms with E-state index in [9.17, 15) is 0 Å². The number of pyridine rings is 1. The van der Waals surface area contributed by atoms with E-state index in [2.05, 4.69) is 23.4 Å². The van der Waals surface area contributed by atoms with Crippen molar-refractivity contribution in [3.05, 3.63) is 24.3 Å². The Hall–Kier alpha value is -1.42. The highest BCUT2D eigenvalue weighted by Crippen LogP contribution is 2.19. The maximum Gasteiger partial charge on any atom is 0.110 e. The minimum absolute atomic E-state index is 0.519. The molecule has 1 unspecified atom stereocenters. The van der Waals surface area contributed by atoms with Crippen LogP contribution in [0.5, 0.6) is 0 Å². The minimum Gasteiger partial charge on any atom is -0.330 e. The summed E-state index contributed by atoms with van der Waals surface area (Å²) in [5.74, 6) is 1.67. The van der Waals surface area contributed by atoms with Crippen LogP contribution in [0.3, 0.4) is 0 Å². The molecule has 0 bridgehead atoms. The highest BCUT2D eigenvalue weighted by molar-refractivity contribution is 5.74. The smallest absolute Gasteiger partial charge is 0.110 e. The second-order valence-electron chi connectivity index (χ2n) is 4.76. The molecule has 0 spiro atoms. The van der Waals surface area contributed by atoms with Gasteiger partial charge in [0.05, 0.1) is 11.7 Å². The van der Waals surface area contributed by atoms with E-state index in [0.29, 0.717) is 5.92 Å². The normalized spacial score (nSPS) is 13.1. The third-order valence-electron chi connectivity index (χ3n) is 3.46. The maximum atomic E-state index is 5.80. The molecule has 98 valence electrons. The van der Waals surface area contributed by atoms with Crippen LogP contribution in [-0.2, 0) is 13.0 Å². The van der Waals surface area contributed by atoms with E-state index in [4.69, 9.17) is 10.7 Å². The van der Waals surface area contributed by atoms with Gasteiger partial charge in [0.2, 0.25) is 0 Å². The molecule has 2 aromatic rings. The molecule has 2 heterocycles. The number of rotatable bonds is 6. The van der Waals surface area contributed by atoms with Gasteiger partial charge < -0.3 is 10.3 Å². The summed E-state index contributed by atoms with van der Waals surface area (Å²) < 4.78 is 2.31. The van der Waals surface area contributed by atoms with Crippen LogP contribution in [0.4, 0.5) is 0 Å². The predicted molar refractivity (Wildman–Crippen MR) is 74.4 cm³/mol. The van der Waals surface area contributed by atoms with Crippen LogP contribution < -0.4 is 5.73 Å². The van der Waals surface area contributed by atoms with Crippen molar-refractivity contribution in [2.24, 2.45) is 11.7 Å². The molecule has 0 fully saturated rings. The van der Waals surface area contributed by atoms with E-state index in [1.54, 1.807) is 0 Å². The van der Waals surface area contributed by atoms with Crippen LogP contribution in [-0.4, -0.2) is 21.1 Å². The molecule has 0 saturated carbocycles. The molecular weight excluding hydrogens is 224 g/mol. The lowest BCUT2D eigenvalue weighted by Crippen LogP contribution is -2.18. The average molecular weight is 246 g/mol. The fourth-order valence-corrected chi connectivity index (χ4v) is 2.31. The van der Waals surface area contributed by atoms with Gasteiger partial charge >= 0.3 is 0 Å². The van der Waals surface area contributed by atoms with Gasteiger partial charge in [0, 0.05) is 19.2 Å². The Morgan fingerprint density at radius 2 is 2.22 bits per heavy atom. The maximum absolute atomic E-state index is 5.80. The first-order chi connectivity index (χ1) is 8.80. The standard InChI is InChI=1S/C14H22N4/c1-3-7-18-13-5-6-16-10-12(13)17-14(18)8-11(4-2)9-15/h5-6,10-11H,3-4,7-9,15H2,1-2H3. The third-order valence-corrected chi connectivity index (χ3v) is 3.46. The molecule has 2 N–H and O–H groups in total. The number of hydrogen-bond acceptors (Lipinski definition) is 3. The monoisotopic (exact) mass is 246 g/mol. The topological polar surface area (TPSA) is 56.7 Å². The summed E-state index contributed by atoms with van der Waals surface area (Å²) >= 11 is 0. The van der Waals surface area contributed by atoms with Gasteiger partial charge in [0.15, 0.2) is 0 Å². The number of aryl methyl sites for hydroxylation is 1. The summed E-state index contributed by atoms with van der Waals surface area (Å²) in [5, 5.41) is 0. The molecule has 0 aromatic carbocycles. The molecule has 1 atom stereocenters. The molecule has 0 saturated heterocycles. The van der Waals surface area contributed by atoms with Crippen molar-refractivity contribution in [2.75, 3.05) is 6.54 Å². The molecule has 0 aliphatic carbocycles. The molecule has 2 aromatic heterocycles. The lowest BCUT2D eigenvalue weighted by Gasteiger charge is -2.13. The van der Waals surface area contributed by atoms with E-state index < -0.39 is 0 Å². The van der Waals surface area contributed by atoms with Crippen molar-refractivity contribution < 1.29 is 0 Å². The molecule has 0 aliphatic rings. The number of imidazole rings is 1. The molecule has 4 nitrogen and oxygen atoms in total. The van der Waals surface area contributed by atoms with Gasteiger partial charge in [-0.25, -0.2) is 4.98 Å². The lowest BCUT2D eigenvalue weighted by molar-refractivity contribution is 0.490. The fourth-order valence-electron chi connectivity index (χ4n) is 2.31. The van der Waals surface area contributed by atoms with Crippen LogP contribution in [0.1, 0.15) is 32.5 Å². The molecular formula is C14H22N4. The Morgan fingerprint density at radius 3 is 2.89 bits per heavy atom. The zero-order valence-electron chi connectivity index (χ0n) is 11.3. The molecule has 2 rings (SSSR count). The highest BCUT2D eigenvalue weighted by atomic mass is 15.1. The van der Waals surface area contributed by atoms with Gasteiger partial charge in [-0.2, -0.15) is 0 Å². The zero-order valence-corrected chi connectivity index (χ0v) is 11.3. The minimum atomic E-state index is 0.519. The van der Waals surface area contributed by atoms with Gasteiger partial charge in [-0.15, -0.1) is 0 Å². The van der Waals surface area contributed by atoms with Gasteiger partial charge in [0.1, 0.15) is 11.3 Å². The summed E-state index contributed by atoms with van der Waals surface area (Å²) in [7, 11) is 0. The predicted octanol–water partition coefficient (Wildman–Crippen LogP) is 2.37. The van der Waals surface area contributed by atoms with Crippen molar-refractivity contribution in [3.8, 4) is 0 Å². The first kappa shape index (κ1) is 13.0. The van der Waals surface area contributed by atoms with Gasteiger partial charge in [0.25, 0.3) is 0 Å². The Kier molecular flexibility index (Phi) is 4.31. The number of hydrogen-bond donors (Lipinski definition) is 1. The molecule has 18 heavy (non-hydrogen) atoms. The van der Waals surface area contributed by atoms with Crippen LogP contribution >= 0.6 is 0 Å². The number of nitrogens with zero attached hydrogens (tertiary/aromatic N) is 3. The van der Waals surface area contributed by atoms with Crippen LogP contribution in [0.25, 0.3) is 11.0 Å². The first-order valence-electron chi connectivity index (χ1n) is 6.79. The quantitative estimate of drug-likeness (QED) is 0.851. The zero-order chi connectivity index (χ0) is 13.0. The highest BCUT2D eigenvalue weighted by Gasteiger charge is 2.13.